The Bertz CT molecular complexity index is 1010. The maximum Gasteiger partial charge on any atom is 0.308 e. The minimum absolute atomic E-state index is 0.0255. The second-order valence-corrected chi connectivity index (χ2v) is 9.62. The summed E-state index contributed by atoms with van der Waals surface area (Å²) in [4.78, 5) is 27.0. The molecule has 1 saturated carbocycles. The average molecular weight is 476 g/mol. The van der Waals surface area contributed by atoms with Crippen molar-refractivity contribution in [1.29, 1.82) is 0 Å². The molecule has 178 valence electrons. The fourth-order valence-corrected chi connectivity index (χ4v) is 5.38. The summed E-state index contributed by atoms with van der Waals surface area (Å²) in [6.07, 6.45) is 4.63. The minimum atomic E-state index is -0.371. The Balaban J connectivity index is 1.38. The number of ether oxygens (including phenoxy) is 1. The van der Waals surface area contributed by atoms with Gasteiger partial charge in [-0.1, -0.05) is 11.6 Å². The zero-order chi connectivity index (χ0) is 23.5. The summed E-state index contributed by atoms with van der Waals surface area (Å²) in [7, 11) is 0. The molecule has 4 rings (SSSR count). The van der Waals surface area contributed by atoms with Crippen molar-refractivity contribution in [2.75, 3.05) is 13.2 Å². The van der Waals surface area contributed by atoms with Crippen molar-refractivity contribution in [2.24, 2.45) is 11.8 Å². The minimum Gasteiger partial charge on any atom is -0.466 e. The van der Waals surface area contributed by atoms with Crippen molar-refractivity contribution in [3.63, 3.8) is 0 Å². The molecule has 1 aromatic carbocycles. The van der Waals surface area contributed by atoms with Crippen molar-refractivity contribution in [3.05, 3.63) is 51.6 Å². The van der Waals surface area contributed by atoms with E-state index in [9.17, 15) is 14.0 Å². The molecule has 2 aromatic rings. The van der Waals surface area contributed by atoms with Crippen LogP contribution in [-0.2, 0) is 33.8 Å². The summed E-state index contributed by atoms with van der Waals surface area (Å²) >= 11 is 6.02. The highest BCUT2D eigenvalue weighted by molar-refractivity contribution is 6.30. The number of carbonyl (C=O) groups is 2. The number of rotatable bonds is 6. The number of aromatic nitrogens is 2. The molecule has 33 heavy (non-hydrogen) atoms. The highest BCUT2D eigenvalue weighted by atomic mass is 35.5. The predicted octanol–water partition coefficient (Wildman–Crippen LogP) is 4.68. The molecule has 0 spiro atoms. The predicted molar refractivity (Wildman–Crippen MR) is 123 cm³/mol. The van der Waals surface area contributed by atoms with Crippen molar-refractivity contribution < 1.29 is 18.7 Å². The van der Waals surface area contributed by atoms with Gasteiger partial charge < -0.3 is 9.64 Å². The fraction of sp³-hybridized carbons (Fsp3) is 0.560. The number of aryl methyl sites for hydroxylation is 1. The monoisotopic (exact) mass is 475 g/mol. The number of benzene rings is 1. The number of hydrogen-bond donors (Lipinski definition) is 0. The molecule has 1 amide bonds. The van der Waals surface area contributed by atoms with Gasteiger partial charge in [0.2, 0.25) is 5.91 Å². The standard InChI is InChI=1S/C25H31ClFN3O3/c1-3-33-25(32)19-6-4-17(5-7-19)12-24(31)29-9-8-22-16(2)28-30(23(22)15-29)14-18-10-20(26)13-21(27)11-18/h10-11,13,17,19H,3-9,12,14-15H2,1-2H3/t17-,19+. The van der Waals surface area contributed by atoms with Gasteiger partial charge in [0.1, 0.15) is 5.82 Å². The molecule has 0 unspecified atom stereocenters. The number of nitrogens with zero attached hydrogens (tertiary/aromatic N) is 3. The van der Waals surface area contributed by atoms with Crippen LogP contribution in [0.1, 0.15) is 61.5 Å². The molecule has 8 heteroatoms. The van der Waals surface area contributed by atoms with Gasteiger partial charge in [-0.3, -0.25) is 14.3 Å². The average Bonchev–Trinajstić information content (AvgIpc) is 3.08. The first kappa shape index (κ1) is 23.7. The van der Waals surface area contributed by atoms with Gasteiger partial charge in [0.05, 0.1) is 37.0 Å². The lowest BCUT2D eigenvalue weighted by atomic mass is 9.80. The van der Waals surface area contributed by atoms with Crippen LogP contribution in [0, 0.1) is 24.6 Å². The topological polar surface area (TPSA) is 64.4 Å². The van der Waals surface area contributed by atoms with E-state index in [1.807, 2.05) is 23.4 Å². The Morgan fingerprint density at radius 3 is 2.67 bits per heavy atom. The van der Waals surface area contributed by atoms with Gasteiger partial charge in [0.25, 0.3) is 0 Å². The van der Waals surface area contributed by atoms with Gasteiger partial charge in [-0.15, -0.1) is 0 Å². The van der Waals surface area contributed by atoms with Crippen LogP contribution in [0.4, 0.5) is 4.39 Å². The van der Waals surface area contributed by atoms with E-state index >= 15 is 0 Å². The largest absolute Gasteiger partial charge is 0.466 e. The van der Waals surface area contributed by atoms with Crippen molar-refractivity contribution in [3.8, 4) is 0 Å². The summed E-state index contributed by atoms with van der Waals surface area (Å²) in [5, 5.41) is 5.02. The van der Waals surface area contributed by atoms with Gasteiger partial charge in [-0.2, -0.15) is 5.10 Å². The second-order valence-electron chi connectivity index (χ2n) is 9.19. The lowest BCUT2D eigenvalue weighted by Crippen LogP contribution is -2.38. The summed E-state index contributed by atoms with van der Waals surface area (Å²) in [6, 6.07) is 4.50. The Morgan fingerprint density at radius 2 is 1.97 bits per heavy atom. The molecular weight excluding hydrogens is 445 g/mol. The number of carbonyl (C=O) groups excluding carboxylic acids is 2. The van der Waals surface area contributed by atoms with E-state index in [1.54, 1.807) is 6.07 Å². The van der Waals surface area contributed by atoms with E-state index in [0.29, 0.717) is 43.6 Å². The molecule has 1 aliphatic heterocycles. The molecular formula is C25H31ClFN3O3. The third-order valence-electron chi connectivity index (χ3n) is 6.88. The summed E-state index contributed by atoms with van der Waals surface area (Å²) in [5.74, 6) is -0.0358. The maximum absolute atomic E-state index is 13.8. The van der Waals surface area contributed by atoms with Gasteiger partial charge in [-0.25, -0.2) is 4.39 Å². The van der Waals surface area contributed by atoms with Gasteiger partial charge in [0, 0.05) is 18.0 Å². The van der Waals surface area contributed by atoms with Crippen LogP contribution in [0.5, 0.6) is 0 Å². The van der Waals surface area contributed by atoms with Crippen molar-refractivity contribution in [2.45, 2.75) is 65.5 Å². The van der Waals surface area contributed by atoms with E-state index < -0.39 is 0 Å². The van der Waals surface area contributed by atoms with Gasteiger partial charge in [-0.05, 0) is 81.2 Å². The molecule has 0 bridgehead atoms. The molecule has 1 fully saturated rings. The number of amides is 1. The van der Waals surface area contributed by atoms with Crippen LogP contribution >= 0.6 is 11.6 Å². The lowest BCUT2D eigenvalue weighted by Gasteiger charge is -2.31. The van der Waals surface area contributed by atoms with Crippen LogP contribution in [-0.4, -0.2) is 39.7 Å². The number of esters is 1. The number of fused-ring (bicyclic) bond motifs is 1. The Morgan fingerprint density at radius 1 is 1.21 bits per heavy atom. The normalized spacial score (nSPS) is 20.4. The summed E-state index contributed by atoms with van der Waals surface area (Å²) in [6.45, 7) is 5.82. The molecule has 1 aliphatic carbocycles. The molecule has 0 N–H and O–H groups in total. The van der Waals surface area contributed by atoms with Gasteiger partial charge >= 0.3 is 5.97 Å². The van der Waals surface area contributed by atoms with E-state index in [0.717, 1.165) is 49.1 Å². The Hall–Kier alpha value is -2.41. The molecule has 2 heterocycles. The van der Waals surface area contributed by atoms with E-state index in [4.69, 9.17) is 16.3 Å². The summed E-state index contributed by atoms with van der Waals surface area (Å²) in [5.41, 5.74) is 3.89. The second kappa shape index (κ2) is 10.2. The molecule has 6 nitrogen and oxygen atoms in total. The fourth-order valence-electron chi connectivity index (χ4n) is 5.13. The van der Waals surface area contributed by atoms with Crippen LogP contribution in [0.25, 0.3) is 0 Å². The van der Waals surface area contributed by atoms with Gasteiger partial charge in [0.15, 0.2) is 0 Å². The van der Waals surface area contributed by atoms with E-state index in [-0.39, 0.29) is 23.6 Å². The van der Waals surface area contributed by atoms with Crippen LogP contribution < -0.4 is 0 Å². The van der Waals surface area contributed by atoms with E-state index in [1.165, 1.54) is 17.7 Å². The third-order valence-corrected chi connectivity index (χ3v) is 7.10. The Labute approximate surface area is 199 Å². The van der Waals surface area contributed by atoms with Crippen LogP contribution in [0.15, 0.2) is 18.2 Å². The lowest BCUT2D eigenvalue weighted by molar-refractivity contribution is -0.149. The van der Waals surface area contributed by atoms with Crippen LogP contribution in [0.2, 0.25) is 5.02 Å². The zero-order valence-corrected chi connectivity index (χ0v) is 20.0. The molecule has 0 atom stereocenters. The zero-order valence-electron chi connectivity index (χ0n) is 19.3. The highest BCUT2D eigenvalue weighted by Gasteiger charge is 2.31. The van der Waals surface area contributed by atoms with Crippen LogP contribution in [0.3, 0.4) is 0 Å². The molecule has 0 saturated heterocycles. The molecule has 1 aromatic heterocycles. The number of hydrogen-bond acceptors (Lipinski definition) is 4. The number of halogens is 2. The smallest absolute Gasteiger partial charge is 0.308 e. The maximum atomic E-state index is 13.8. The first-order valence-electron chi connectivity index (χ1n) is 11.8. The Kier molecular flexibility index (Phi) is 7.37. The van der Waals surface area contributed by atoms with Crippen molar-refractivity contribution in [1.82, 2.24) is 14.7 Å². The third kappa shape index (κ3) is 5.57. The quantitative estimate of drug-likeness (QED) is 0.569. The van der Waals surface area contributed by atoms with E-state index in [2.05, 4.69) is 5.10 Å². The molecule has 2 aliphatic rings. The van der Waals surface area contributed by atoms with Crippen molar-refractivity contribution >= 4 is 23.5 Å². The SMILES string of the molecule is CCOC(=O)[C@H]1CC[C@@H](CC(=O)N2CCc3c(C)nn(Cc4cc(F)cc(Cl)c4)c3C2)CC1. The highest BCUT2D eigenvalue weighted by Crippen LogP contribution is 2.33. The molecule has 0 radical (unpaired) electrons. The first-order chi connectivity index (χ1) is 15.8. The summed E-state index contributed by atoms with van der Waals surface area (Å²) < 4.78 is 20.8. The first-order valence-corrected chi connectivity index (χ1v) is 12.2.